The summed E-state index contributed by atoms with van der Waals surface area (Å²) in [6.07, 6.45) is 0.768. The number of amides is 1. The van der Waals surface area contributed by atoms with Crippen LogP contribution in [0.15, 0.2) is 77.7 Å². The highest BCUT2D eigenvalue weighted by molar-refractivity contribution is 7.92. The zero-order valence-corrected chi connectivity index (χ0v) is 20.9. The van der Waals surface area contributed by atoms with E-state index in [0.717, 1.165) is 35.3 Å². The molecule has 35 heavy (non-hydrogen) atoms. The van der Waals surface area contributed by atoms with Crippen LogP contribution in [0.25, 0.3) is 10.2 Å². The lowest BCUT2D eigenvalue weighted by Crippen LogP contribution is -2.33. The van der Waals surface area contributed by atoms with Crippen LogP contribution >= 0.6 is 11.3 Å². The number of aromatic nitrogens is 1. The summed E-state index contributed by atoms with van der Waals surface area (Å²) in [4.78, 5) is 21.8. The quantitative estimate of drug-likeness (QED) is 0.347. The number of hydrogen-bond donors (Lipinski definition) is 1. The standard InChI is InChI=1S/C25H25FN4O3S2/c1-29(2)16-5-17-30(25-27-22-6-3-4-7-23(22)34-25)24(31)18-8-12-20(13-9-18)28-35(32,33)21-14-10-19(26)11-15-21/h3-4,6-15,28H,5,16-17H2,1-2H3. The Balaban J connectivity index is 1.55. The van der Waals surface area contributed by atoms with E-state index >= 15 is 0 Å². The number of nitrogens with zero attached hydrogens (tertiary/aromatic N) is 3. The molecule has 4 rings (SSSR count). The van der Waals surface area contributed by atoms with Gasteiger partial charge in [0.15, 0.2) is 5.13 Å². The molecular weight excluding hydrogens is 487 g/mol. The summed E-state index contributed by atoms with van der Waals surface area (Å²) in [5.74, 6) is -0.731. The third-order valence-corrected chi connectivity index (χ3v) is 7.71. The highest BCUT2D eigenvalue weighted by Crippen LogP contribution is 2.30. The van der Waals surface area contributed by atoms with Crippen molar-refractivity contribution in [2.45, 2.75) is 11.3 Å². The molecule has 1 heterocycles. The zero-order valence-electron chi connectivity index (χ0n) is 19.3. The summed E-state index contributed by atoms with van der Waals surface area (Å²) in [6.45, 7) is 1.31. The van der Waals surface area contributed by atoms with Crippen molar-refractivity contribution in [3.8, 4) is 0 Å². The van der Waals surface area contributed by atoms with Crippen molar-refractivity contribution >= 4 is 48.3 Å². The smallest absolute Gasteiger partial charge is 0.261 e. The lowest BCUT2D eigenvalue weighted by Gasteiger charge is -2.21. The normalized spacial score (nSPS) is 11.7. The Kier molecular flexibility index (Phi) is 7.44. The lowest BCUT2D eigenvalue weighted by molar-refractivity contribution is 0.0986. The fourth-order valence-corrected chi connectivity index (χ4v) is 5.52. The first-order valence-electron chi connectivity index (χ1n) is 10.9. The molecule has 0 aliphatic carbocycles. The van der Waals surface area contributed by atoms with Gasteiger partial charge in [-0.15, -0.1) is 0 Å². The average Bonchev–Trinajstić information content (AvgIpc) is 3.26. The second-order valence-corrected chi connectivity index (χ2v) is 10.9. The maximum absolute atomic E-state index is 13.5. The van der Waals surface area contributed by atoms with Gasteiger partial charge in [-0.2, -0.15) is 0 Å². The summed E-state index contributed by atoms with van der Waals surface area (Å²) >= 11 is 1.46. The first kappa shape index (κ1) is 24.8. The van der Waals surface area contributed by atoms with Crippen molar-refractivity contribution in [1.29, 1.82) is 0 Å². The second-order valence-electron chi connectivity index (χ2n) is 8.21. The molecule has 0 saturated carbocycles. The topological polar surface area (TPSA) is 82.6 Å². The minimum atomic E-state index is -3.88. The molecule has 1 aromatic heterocycles. The Morgan fingerprint density at radius 3 is 2.31 bits per heavy atom. The number of carbonyl (C=O) groups excluding carboxylic acids is 1. The molecule has 0 saturated heterocycles. The van der Waals surface area contributed by atoms with Crippen molar-refractivity contribution < 1.29 is 17.6 Å². The molecule has 1 amide bonds. The van der Waals surface area contributed by atoms with Crippen LogP contribution < -0.4 is 9.62 Å². The van der Waals surface area contributed by atoms with Crippen LogP contribution in [0.5, 0.6) is 0 Å². The van der Waals surface area contributed by atoms with Crippen LogP contribution in [-0.4, -0.2) is 51.4 Å². The van der Waals surface area contributed by atoms with Crippen LogP contribution in [0.2, 0.25) is 0 Å². The molecule has 0 bridgehead atoms. The predicted molar refractivity (Wildman–Crippen MR) is 138 cm³/mol. The number of benzene rings is 3. The molecule has 0 aliphatic rings. The number of fused-ring (bicyclic) bond motifs is 1. The Labute approximate surface area is 207 Å². The molecule has 0 atom stereocenters. The molecule has 1 N–H and O–H groups in total. The molecule has 182 valence electrons. The van der Waals surface area contributed by atoms with Gasteiger partial charge in [0.2, 0.25) is 0 Å². The highest BCUT2D eigenvalue weighted by Gasteiger charge is 2.22. The van der Waals surface area contributed by atoms with Crippen LogP contribution in [0.3, 0.4) is 0 Å². The Morgan fingerprint density at radius 1 is 0.971 bits per heavy atom. The predicted octanol–water partition coefficient (Wildman–Crippen LogP) is 4.83. The molecule has 3 aromatic carbocycles. The highest BCUT2D eigenvalue weighted by atomic mass is 32.2. The maximum Gasteiger partial charge on any atom is 0.261 e. The summed E-state index contributed by atoms with van der Waals surface area (Å²) in [5, 5.41) is 0.621. The number of hydrogen-bond acceptors (Lipinski definition) is 6. The fraction of sp³-hybridized carbons (Fsp3) is 0.200. The zero-order chi connectivity index (χ0) is 25.0. The molecule has 7 nitrogen and oxygen atoms in total. The molecule has 0 fully saturated rings. The van der Waals surface area contributed by atoms with E-state index in [9.17, 15) is 17.6 Å². The first-order chi connectivity index (χ1) is 16.7. The van der Waals surface area contributed by atoms with E-state index < -0.39 is 15.8 Å². The van der Waals surface area contributed by atoms with Gasteiger partial charge in [0.25, 0.3) is 15.9 Å². The molecule has 10 heteroatoms. The van der Waals surface area contributed by atoms with E-state index in [1.54, 1.807) is 17.0 Å². The largest absolute Gasteiger partial charge is 0.309 e. The van der Waals surface area contributed by atoms with Gasteiger partial charge in [0, 0.05) is 17.8 Å². The van der Waals surface area contributed by atoms with Gasteiger partial charge >= 0.3 is 0 Å². The number of rotatable bonds is 9. The van der Waals surface area contributed by atoms with Crippen molar-refractivity contribution in [1.82, 2.24) is 9.88 Å². The van der Waals surface area contributed by atoms with Crippen LogP contribution in [0.4, 0.5) is 15.2 Å². The van der Waals surface area contributed by atoms with Crippen LogP contribution in [0, 0.1) is 5.82 Å². The first-order valence-corrected chi connectivity index (χ1v) is 13.2. The minimum absolute atomic E-state index is 0.0537. The number of para-hydroxylation sites is 1. The van der Waals surface area contributed by atoms with Crippen molar-refractivity contribution in [2.24, 2.45) is 0 Å². The minimum Gasteiger partial charge on any atom is -0.309 e. The summed E-state index contributed by atoms with van der Waals surface area (Å²) in [5.41, 5.74) is 1.55. The molecular formula is C25H25FN4O3S2. The Morgan fingerprint density at radius 2 is 1.66 bits per heavy atom. The monoisotopic (exact) mass is 512 g/mol. The van der Waals surface area contributed by atoms with Crippen molar-refractivity contribution in [2.75, 3.05) is 36.8 Å². The molecule has 0 aliphatic heterocycles. The Hall–Kier alpha value is -3.34. The second kappa shape index (κ2) is 10.5. The van der Waals surface area contributed by atoms with E-state index in [1.165, 1.54) is 35.6 Å². The van der Waals surface area contributed by atoms with Gasteiger partial charge in [0.1, 0.15) is 5.82 Å². The van der Waals surface area contributed by atoms with Crippen molar-refractivity contribution in [3.63, 3.8) is 0 Å². The lowest BCUT2D eigenvalue weighted by atomic mass is 10.2. The third kappa shape index (κ3) is 6.02. The van der Waals surface area contributed by atoms with Crippen molar-refractivity contribution in [3.05, 3.63) is 84.2 Å². The van der Waals surface area contributed by atoms with E-state index in [4.69, 9.17) is 0 Å². The van der Waals surface area contributed by atoms with E-state index in [0.29, 0.717) is 22.9 Å². The van der Waals surface area contributed by atoms with Gasteiger partial charge in [-0.3, -0.25) is 14.4 Å². The van der Waals surface area contributed by atoms with Gasteiger partial charge in [0.05, 0.1) is 15.1 Å². The average molecular weight is 513 g/mol. The number of sulfonamides is 1. The number of carbonyl (C=O) groups is 1. The number of halogens is 1. The SMILES string of the molecule is CN(C)CCCN(C(=O)c1ccc(NS(=O)(=O)c2ccc(F)cc2)cc1)c1nc2ccccc2s1. The van der Waals surface area contributed by atoms with Gasteiger partial charge in [-0.1, -0.05) is 23.5 Å². The molecule has 0 spiro atoms. The van der Waals surface area contributed by atoms with E-state index in [1.807, 2.05) is 38.4 Å². The summed E-state index contributed by atoms with van der Waals surface area (Å²) in [7, 11) is 0.0809. The van der Waals surface area contributed by atoms with E-state index in [2.05, 4.69) is 14.6 Å². The number of nitrogens with one attached hydrogen (secondary N) is 1. The van der Waals surface area contributed by atoms with Crippen LogP contribution in [-0.2, 0) is 10.0 Å². The molecule has 0 unspecified atom stereocenters. The van der Waals surface area contributed by atoms with Gasteiger partial charge in [-0.05, 0) is 87.7 Å². The number of anilines is 2. The molecule has 4 aromatic rings. The number of thiazole rings is 1. The third-order valence-electron chi connectivity index (χ3n) is 5.25. The maximum atomic E-state index is 13.5. The Bertz CT molecular complexity index is 1390. The molecule has 0 radical (unpaired) electrons. The summed E-state index contributed by atoms with van der Waals surface area (Å²) < 4.78 is 41.7. The van der Waals surface area contributed by atoms with E-state index in [-0.39, 0.29) is 10.8 Å². The van der Waals surface area contributed by atoms with Gasteiger partial charge in [-0.25, -0.2) is 17.8 Å². The summed E-state index contributed by atoms with van der Waals surface area (Å²) in [6, 6.07) is 18.5. The van der Waals surface area contributed by atoms with Gasteiger partial charge < -0.3 is 4.90 Å². The van der Waals surface area contributed by atoms with Crippen LogP contribution in [0.1, 0.15) is 16.8 Å². The fourth-order valence-electron chi connectivity index (χ4n) is 3.47.